The van der Waals surface area contributed by atoms with Gasteiger partial charge in [-0.15, -0.1) is 0 Å². The Morgan fingerprint density at radius 2 is 1.97 bits per heavy atom. The van der Waals surface area contributed by atoms with Crippen LogP contribution in [0.3, 0.4) is 0 Å². The predicted molar refractivity (Wildman–Crippen MR) is 112 cm³/mol. The maximum Gasteiger partial charge on any atom is 0.228 e. The zero-order valence-corrected chi connectivity index (χ0v) is 16.5. The summed E-state index contributed by atoms with van der Waals surface area (Å²) >= 11 is 0. The van der Waals surface area contributed by atoms with E-state index in [1.807, 2.05) is 29.0 Å². The van der Waals surface area contributed by atoms with Crippen LogP contribution >= 0.6 is 0 Å². The summed E-state index contributed by atoms with van der Waals surface area (Å²) in [7, 11) is 0. The molecule has 144 valence electrons. The van der Waals surface area contributed by atoms with Gasteiger partial charge in [-0.05, 0) is 22.9 Å². The lowest BCUT2D eigenvalue weighted by Gasteiger charge is -2.29. The van der Waals surface area contributed by atoms with E-state index in [2.05, 4.69) is 54.1 Å². The maximum atomic E-state index is 8.92. The van der Waals surface area contributed by atoms with Crippen molar-refractivity contribution in [3.8, 4) is 11.6 Å². The van der Waals surface area contributed by atoms with Crippen molar-refractivity contribution in [2.45, 2.75) is 26.3 Å². The number of pyridine rings is 1. The molecule has 0 fully saturated rings. The number of hydrogen-bond acceptors (Lipinski definition) is 4. The average molecular weight is 382 g/mol. The number of benzene rings is 2. The molecule has 1 N–H and O–H groups in total. The summed E-state index contributed by atoms with van der Waals surface area (Å²) in [6.07, 6.45) is 5.37. The molecule has 5 nitrogen and oxygen atoms in total. The molecule has 0 bridgehead atoms. The summed E-state index contributed by atoms with van der Waals surface area (Å²) in [6.45, 7) is 5.02. The average Bonchev–Trinajstić information content (AvgIpc) is 2.74. The molecule has 1 aliphatic heterocycles. The third-order valence-electron chi connectivity index (χ3n) is 5.38. The zero-order chi connectivity index (χ0) is 20.0. The Morgan fingerprint density at radius 3 is 2.76 bits per heavy atom. The van der Waals surface area contributed by atoms with Crippen molar-refractivity contribution >= 4 is 10.8 Å². The summed E-state index contributed by atoms with van der Waals surface area (Å²) in [4.78, 5) is 8.95. The van der Waals surface area contributed by atoms with Crippen molar-refractivity contribution in [1.29, 1.82) is 5.41 Å². The van der Waals surface area contributed by atoms with Crippen LogP contribution in [0, 0.1) is 11.3 Å². The van der Waals surface area contributed by atoms with Gasteiger partial charge in [-0.25, -0.2) is 4.98 Å². The molecule has 0 spiro atoms. The quantitative estimate of drug-likeness (QED) is 0.485. The van der Waals surface area contributed by atoms with Gasteiger partial charge in [0.2, 0.25) is 5.88 Å². The zero-order valence-electron chi connectivity index (χ0n) is 16.5. The highest BCUT2D eigenvalue weighted by Gasteiger charge is 2.33. The Morgan fingerprint density at radius 1 is 1.10 bits per heavy atom. The lowest BCUT2D eigenvalue weighted by atomic mass is 9.83. The van der Waals surface area contributed by atoms with E-state index in [0.29, 0.717) is 17.3 Å². The Balaban J connectivity index is 1.80. The lowest BCUT2D eigenvalue weighted by Crippen LogP contribution is -2.31. The number of aromatic nitrogens is 3. The largest absolute Gasteiger partial charge is 0.438 e. The second kappa shape index (κ2) is 6.85. The molecule has 5 heteroatoms. The SMILES string of the molecule is CC(C)Cn1cnc2c(c1=N)C(c1cccnc1)c1ccc3ccccc3c1O2. The fourth-order valence-electron chi connectivity index (χ4n) is 4.12. The monoisotopic (exact) mass is 382 g/mol. The van der Waals surface area contributed by atoms with Crippen LogP contribution in [0.1, 0.15) is 36.5 Å². The van der Waals surface area contributed by atoms with E-state index < -0.39 is 0 Å². The van der Waals surface area contributed by atoms with E-state index in [0.717, 1.165) is 39.8 Å². The van der Waals surface area contributed by atoms with Crippen LogP contribution in [0.2, 0.25) is 0 Å². The van der Waals surface area contributed by atoms with Crippen molar-refractivity contribution < 1.29 is 4.74 Å². The van der Waals surface area contributed by atoms with Gasteiger partial charge in [0.1, 0.15) is 17.6 Å². The van der Waals surface area contributed by atoms with Crippen LogP contribution < -0.4 is 10.2 Å². The number of rotatable bonds is 3. The van der Waals surface area contributed by atoms with Gasteiger partial charge in [0.15, 0.2) is 0 Å². The van der Waals surface area contributed by atoms with Gasteiger partial charge >= 0.3 is 0 Å². The molecule has 0 radical (unpaired) electrons. The fourth-order valence-corrected chi connectivity index (χ4v) is 4.12. The number of fused-ring (bicyclic) bond motifs is 4. The summed E-state index contributed by atoms with van der Waals surface area (Å²) in [5, 5.41) is 11.1. The molecule has 1 atom stereocenters. The molecule has 3 heterocycles. The van der Waals surface area contributed by atoms with Crippen LogP contribution in [0.5, 0.6) is 11.6 Å². The number of nitrogens with zero attached hydrogens (tertiary/aromatic N) is 3. The first-order chi connectivity index (χ1) is 14.1. The highest BCUT2D eigenvalue weighted by Crippen LogP contribution is 2.47. The van der Waals surface area contributed by atoms with Gasteiger partial charge in [-0.2, -0.15) is 0 Å². The van der Waals surface area contributed by atoms with Crippen molar-refractivity contribution in [3.05, 3.63) is 89.4 Å². The summed E-state index contributed by atoms with van der Waals surface area (Å²) in [5.41, 5.74) is 3.31. The molecule has 2 aromatic carbocycles. The van der Waals surface area contributed by atoms with Crippen molar-refractivity contribution in [3.63, 3.8) is 0 Å². The first kappa shape index (κ1) is 17.6. The Bertz CT molecular complexity index is 1260. The van der Waals surface area contributed by atoms with Gasteiger partial charge < -0.3 is 9.30 Å². The number of ether oxygens (including phenoxy) is 1. The second-order valence-electron chi connectivity index (χ2n) is 7.88. The molecule has 0 saturated carbocycles. The summed E-state index contributed by atoms with van der Waals surface area (Å²) in [6, 6.07) is 16.4. The smallest absolute Gasteiger partial charge is 0.228 e. The molecule has 4 aromatic rings. The van der Waals surface area contributed by atoms with E-state index in [-0.39, 0.29) is 5.92 Å². The molecule has 1 unspecified atom stereocenters. The third kappa shape index (κ3) is 2.90. The molecule has 0 aliphatic carbocycles. The lowest BCUT2D eigenvalue weighted by molar-refractivity contribution is 0.418. The van der Waals surface area contributed by atoms with Gasteiger partial charge in [0, 0.05) is 35.8 Å². The van der Waals surface area contributed by atoms with E-state index in [1.54, 1.807) is 12.5 Å². The van der Waals surface area contributed by atoms with Crippen LogP contribution in [-0.4, -0.2) is 14.5 Å². The van der Waals surface area contributed by atoms with Gasteiger partial charge in [0.05, 0.1) is 5.56 Å². The Kier molecular flexibility index (Phi) is 4.16. The highest BCUT2D eigenvalue weighted by atomic mass is 16.5. The minimum absolute atomic E-state index is 0.147. The van der Waals surface area contributed by atoms with E-state index in [4.69, 9.17) is 10.1 Å². The molecule has 2 aromatic heterocycles. The summed E-state index contributed by atoms with van der Waals surface area (Å²) < 4.78 is 8.22. The van der Waals surface area contributed by atoms with Crippen molar-refractivity contribution in [2.24, 2.45) is 5.92 Å². The second-order valence-corrected chi connectivity index (χ2v) is 7.88. The molecular weight excluding hydrogens is 360 g/mol. The molecule has 29 heavy (non-hydrogen) atoms. The molecule has 0 amide bonds. The number of hydrogen-bond donors (Lipinski definition) is 1. The minimum atomic E-state index is -0.147. The predicted octanol–water partition coefficient (Wildman–Crippen LogP) is 4.85. The summed E-state index contributed by atoms with van der Waals surface area (Å²) in [5.74, 6) is 1.60. The van der Waals surface area contributed by atoms with E-state index in [9.17, 15) is 0 Å². The fraction of sp³-hybridized carbons (Fsp3) is 0.208. The highest BCUT2D eigenvalue weighted by molar-refractivity contribution is 5.91. The maximum absolute atomic E-state index is 8.92. The standard InChI is InChI=1S/C24H22N4O/c1-15(2)13-28-14-27-24-21(23(28)25)20(17-7-5-11-26-12-17)19-10-9-16-6-3-4-8-18(16)22(19)29-24/h3-12,14-15,20,25H,13H2,1-2H3. The van der Waals surface area contributed by atoms with Gasteiger partial charge in [-0.1, -0.05) is 56.3 Å². The van der Waals surface area contributed by atoms with Gasteiger partial charge in [0.25, 0.3) is 0 Å². The Hall–Kier alpha value is -3.47. The normalized spacial score (nSPS) is 15.1. The Labute approximate surface area is 169 Å². The molecule has 5 rings (SSSR count). The van der Waals surface area contributed by atoms with Gasteiger partial charge in [-0.3, -0.25) is 10.4 Å². The first-order valence-electron chi connectivity index (χ1n) is 9.87. The minimum Gasteiger partial charge on any atom is -0.438 e. The van der Waals surface area contributed by atoms with Crippen LogP contribution in [0.4, 0.5) is 0 Å². The topological polar surface area (TPSA) is 63.8 Å². The first-order valence-corrected chi connectivity index (χ1v) is 9.87. The molecule has 1 aliphatic rings. The van der Waals surface area contributed by atoms with Crippen LogP contribution in [-0.2, 0) is 6.54 Å². The molecule has 0 saturated heterocycles. The van der Waals surface area contributed by atoms with Crippen molar-refractivity contribution in [1.82, 2.24) is 14.5 Å². The van der Waals surface area contributed by atoms with Crippen LogP contribution in [0.25, 0.3) is 10.8 Å². The van der Waals surface area contributed by atoms with E-state index in [1.165, 1.54) is 0 Å². The third-order valence-corrected chi connectivity index (χ3v) is 5.38. The van der Waals surface area contributed by atoms with E-state index >= 15 is 0 Å². The van der Waals surface area contributed by atoms with Crippen LogP contribution in [0.15, 0.2) is 67.3 Å². The number of nitrogens with one attached hydrogen (secondary N) is 1. The van der Waals surface area contributed by atoms with Crippen molar-refractivity contribution in [2.75, 3.05) is 0 Å². The molecular formula is C24H22N4O.